The van der Waals surface area contributed by atoms with Crippen molar-refractivity contribution in [1.29, 1.82) is 0 Å². The van der Waals surface area contributed by atoms with Gasteiger partial charge in [0.25, 0.3) is 0 Å². The number of hydrogen-bond donors (Lipinski definition) is 3. The van der Waals surface area contributed by atoms with Crippen molar-refractivity contribution < 1.29 is 37.0 Å². The Morgan fingerprint density at radius 1 is 0.806 bits per heavy atom. The average Bonchev–Trinajstić information content (AvgIpc) is 2.89. The Labute approximate surface area is 200 Å². The summed E-state index contributed by atoms with van der Waals surface area (Å²) in [6.07, 6.45) is 0.152. The Hall–Kier alpha value is -4.38. The van der Waals surface area contributed by atoms with Crippen LogP contribution in [0.2, 0.25) is 0 Å². The maximum atomic E-state index is 14.0. The zero-order chi connectivity index (χ0) is 26.0. The van der Waals surface area contributed by atoms with Crippen LogP contribution in [0.1, 0.15) is 11.1 Å². The first-order valence-corrected chi connectivity index (χ1v) is 10.4. The predicted molar refractivity (Wildman–Crippen MR) is 119 cm³/mol. The lowest BCUT2D eigenvalue weighted by atomic mass is 10.1. The van der Waals surface area contributed by atoms with Crippen LogP contribution in [0, 0.1) is 29.1 Å². The van der Waals surface area contributed by atoms with Gasteiger partial charge >= 0.3 is 0 Å². The zero-order valence-electron chi connectivity index (χ0n) is 18.2. The van der Waals surface area contributed by atoms with E-state index < -0.39 is 47.0 Å². The molecule has 4 aromatic rings. The lowest BCUT2D eigenvalue weighted by Gasteiger charge is -2.13. The van der Waals surface area contributed by atoms with Crippen molar-refractivity contribution in [3.05, 3.63) is 94.9 Å². The largest absolute Gasteiger partial charge is 0.508 e. The van der Waals surface area contributed by atoms with E-state index in [-0.39, 0.29) is 23.9 Å². The highest BCUT2D eigenvalue weighted by Crippen LogP contribution is 2.30. The highest BCUT2D eigenvalue weighted by Gasteiger charge is 2.27. The van der Waals surface area contributed by atoms with Gasteiger partial charge in [0.05, 0.1) is 24.9 Å². The molecular formula is C25H16F5N3O3. The second-order valence-corrected chi connectivity index (χ2v) is 7.63. The maximum Gasteiger partial charge on any atom is 0.230 e. The van der Waals surface area contributed by atoms with Crippen LogP contribution in [0.15, 0.2) is 54.7 Å². The highest BCUT2D eigenvalue weighted by atomic mass is 19.2. The first kappa shape index (κ1) is 24.7. The summed E-state index contributed by atoms with van der Waals surface area (Å²) < 4.78 is 68.3. The van der Waals surface area contributed by atoms with E-state index in [1.54, 1.807) is 24.3 Å². The number of aliphatic hydroxyl groups excluding tert-OH is 1. The molecule has 1 amide bonds. The standard InChI is InChI=1S/C25H16F5N3O3/c26-19-16(20(27)22(29)23(30)21(19)28)9-18(36)33-25-24(14-5-7-15(35)8-6-14)32-17(10-31-25)13-3-1-12(11-34)2-4-13/h1-8,10,34-35H,9,11H2,(H,31,33,36). The molecule has 3 aromatic carbocycles. The van der Waals surface area contributed by atoms with Gasteiger partial charge in [0.15, 0.2) is 29.1 Å². The minimum Gasteiger partial charge on any atom is -0.508 e. The van der Waals surface area contributed by atoms with Crippen molar-refractivity contribution >= 4 is 11.7 Å². The zero-order valence-corrected chi connectivity index (χ0v) is 18.2. The maximum absolute atomic E-state index is 14.0. The van der Waals surface area contributed by atoms with Crippen molar-refractivity contribution in [1.82, 2.24) is 9.97 Å². The smallest absolute Gasteiger partial charge is 0.230 e. The topological polar surface area (TPSA) is 95.3 Å². The lowest BCUT2D eigenvalue weighted by molar-refractivity contribution is -0.115. The number of carbonyl (C=O) groups excluding carboxylic acids is 1. The molecule has 184 valence electrons. The second kappa shape index (κ2) is 10.1. The minimum atomic E-state index is -2.32. The number of aliphatic hydroxyl groups is 1. The Morgan fingerprint density at radius 2 is 1.36 bits per heavy atom. The third-order valence-corrected chi connectivity index (χ3v) is 5.24. The molecule has 3 N–H and O–H groups in total. The van der Waals surface area contributed by atoms with Crippen molar-refractivity contribution in [3.63, 3.8) is 0 Å². The summed E-state index contributed by atoms with van der Waals surface area (Å²) in [5, 5.41) is 21.1. The van der Waals surface area contributed by atoms with Gasteiger partial charge in [-0.3, -0.25) is 4.79 Å². The fraction of sp³-hybridized carbons (Fsp3) is 0.0800. The number of carbonyl (C=O) groups is 1. The van der Waals surface area contributed by atoms with Gasteiger partial charge in [-0.15, -0.1) is 0 Å². The van der Waals surface area contributed by atoms with Crippen LogP contribution in [0.5, 0.6) is 5.75 Å². The summed E-state index contributed by atoms with van der Waals surface area (Å²) >= 11 is 0. The number of amides is 1. The van der Waals surface area contributed by atoms with Crippen LogP contribution >= 0.6 is 0 Å². The average molecular weight is 501 g/mol. The van der Waals surface area contributed by atoms with Gasteiger partial charge in [0.1, 0.15) is 11.4 Å². The highest BCUT2D eigenvalue weighted by molar-refractivity contribution is 5.94. The van der Waals surface area contributed by atoms with E-state index in [0.717, 1.165) is 0 Å². The lowest BCUT2D eigenvalue weighted by Crippen LogP contribution is -2.19. The normalized spacial score (nSPS) is 10.9. The number of aromatic nitrogens is 2. The van der Waals surface area contributed by atoms with Gasteiger partial charge in [0.2, 0.25) is 11.7 Å². The van der Waals surface area contributed by atoms with Crippen LogP contribution in [0.25, 0.3) is 22.5 Å². The molecule has 0 atom stereocenters. The second-order valence-electron chi connectivity index (χ2n) is 7.63. The summed E-state index contributed by atoms with van der Waals surface area (Å²) in [5.74, 6) is -12.1. The minimum absolute atomic E-state index is 0.0423. The molecule has 0 fully saturated rings. The molecule has 0 aliphatic heterocycles. The molecule has 0 bridgehead atoms. The Balaban J connectivity index is 1.70. The number of phenolic OH excluding ortho intramolecular Hbond substituents is 1. The first-order valence-electron chi connectivity index (χ1n) is 10.4. The van der Waals surface area contributed by atoms with E-state index in [1.165, 1.54) is 30.5 Å². The van der Waals surface area contributed by atoms with Crippen molar-refractivity contribution in [2.45, 2.75) is 13.0 Å². The molecule has 0 aliphatic rings. The molecule has 0 aliphatic carbocycles. The number of aromatic hydroxyl groups is 1. The quantitative estimate of drug-likeness (QED) is 0.199. The predicted octanol–water partition coefficient (Wildman–Crippen LogP) is 4.89. The van der Waals surface area contributed by atoms with Crippen molar-refractivity contribution in [3.8, 4) is 28.3 Å². The summed E-state index contributed by atoms with van der Waals surface area (Å²) in [5.41, 5.74) is 0.899. The molecule has 11 heteroatoms. The van der Waals surface area contributed by atoms with Gasteiger partial charge in [-0.1, -0.05) is 24.3 Å². The number of rotatable bonds is 6. The van der Waals surface area contributed by atoms with Crippen LogP contribution in [0.4, 0.5) is 27.8 Å². The van der Waals surface area contributed by atoms with Crippen LogP contribution in [-0.4, -0.2) is 26.1 Å². The van der Waals surface area contributed by atoms with Gasteiger partial charge in [0, 0.05) is 16.7 Å². The van der Waals surface area contributed by atoms with Crippen LogP contribution in [0.3, 0.4) is 0 Å². The monoisotopic (exact) mass is 501 g/mol. The van der Waals surface area contributed by atoms with E-state index in [1.807, 2.05) is 0 Å². The van der Waals surface area contributed by atoms with E-state index in [9.17, 15) is 37.0 Å². The molecule has 0 saturated carbocycles. The van der Waals surface area contributed by atoms with E-state index >= 15 is 0 Å². The van der Waals surface area contributed by atoms with Crippen LogP contribution < -0.4 is 5.32 Å². The number of benzene rings is 3. The summed E-state index contributed by atoms with van der Waals surface area (Å²) in [4.78, 5) is 21.2. The molecule has 6 nitrogen and oxygen atoms in total. The molecule has 1 aromatic heterocycles. The number of phenols is 1. The fourth-order valence-corrected chi connectivity index (χ4v) is 3.36. The fourth-order valence-electron chi connectivity index (χ4n) is 3.36. The molecule has 0 unspecified atom stereocenters. The van der Waals surface area contributed by atoms with Gasteiger partial charge in [-0.25, -0.2) is 31.9 Å². The third-order valence-electron chi connectivity index (χ3n) is 5.24. The molecule has 0 radical (unpaired) electrons. The number of hydrogen-bond acceptors (Lipinski definition) is 5. The third kappa shape index (κ3) is 4.86. The van der Waals surface area contributed by atoms with Gasteiger partial charge in [-0.05, 0) is 29.8 Å². The summed E-state index contributed by atoms with van der Waals surface area (Å²) in [6.45, 7) is -0.154. The number of halogens is 5. The Bertz CT molecular complexity index is 1420. The number of anilines is 1. The van der Waals surface area contributed by atoms with Crippen molar-refractivity contribution in [2.24, 2.45) is 0 Å². The first-order chi connectivity index (χ1) is 17.2. The van der Waals surface area contributed by atoms with E-state index in [4.69, 9.17) is 0 Å². The molecular weight excluding hydrogens is 485 g/mol. The molecule has 0 spiro atoms. The van der Waals surface area contributed by atoms with E-state index in [2.05, 4.69) is 15.3 Å². The van der Waals surface area contributed by atoms with Crippen LogP contribution in [-0.2, 0) is 17.8 Å². The SMILES string of the molecule is O=C(Cc1c(F)c(F)c(F)c(F)c1F)Nc1ncc(-c2ccc(CO)cc2)nc1-c1ccc(O)cc1. The number of nitrogens with zero attached hydrogens (tertiary/aromatic N) is 2. The Kier molecular flexibility index (Phi) is 6.93. The molecule has 4 rings (SSSR count). The van der Waals surface area contributed by atoms with Crippen molar-refractivity contribution in [2.75, 3.05) is 5.32 Å². The Morgan fingerprint density at radius 3 is 1.94 bits per heavy atom. The number of nitrogens with one attached hydrogen (secondary N) is 1. The molecule has 1 heterocycles. The molecule has 0 saturated heterocycles. The summed E-state index contributed by atoms with van der Waals surface area (Å²) in [7, 11) is 0. The molecule has 36 heavy (non-hydrogen) atoms. The van der Waals surface area contributed by atoms with E-state index in [0.29, 0.717) is 22.4 Å². The van der Waals surface area contributed by atoms with Gasteiger partial charge in [-0.2, -0.15) is 0 Å². The van der Waals surface area contributed by atoms with Gasteiger partial charge < -0.3 is 15.5 Å². The summed E-state index contributed by atoms with van der Waals surface area (Å²) in [6, 6.07) is 12.4.